The highest BCUT2D eigenvalue weighted by Crippen LogP contribution is 2.31. The Bertz CT molecular complexity index is 141. The molecule has 0 spiro atoms. The van der Waals surface area contributed by atoms with Crippen LogP contribution in [0.3, 0.4) is 0 Å². The highest BCUT2D eigenvalue weighted by atomic mass is 14.8. The van der Waals surface area contributed by atoms with Crippen molar-refractivity contribution in [2.45, 2.75) is 57.8 Å². The highest BCUT2D eigenvalue weighted by molar-refractivity contribution is 4.72. The maximum Gasteiger partial charge on any atom is -0.00463 e. The van der Waals surface area contributed by atoms with Gasteiger partial charge in [-0.05, 0) is 44.2 Å². The molecule has 0 aromatic heterocycles. The van der Waals surface area contributed by atoms with E-state index in [-0.39, 0.29) is 0 Å². The molecule has 14 heavy (non-hydrogen) atoms. The van der Waals surface area contributed by atoms with Crippen LogP contribution >= 0.6 is 0 Å². The van der Waals surface area contributed by atoms with Crippen LogP contribution in [0.15, 0.2) is 0 Å². The number of rotatable bonds is 3. The Morgan fingerprint density at radius 1 is 0.714 bits per heavy atom. The maximum absolute atomic E-state index is 3.51. The Hall–Kier alpha value is -0.0400. The predicted octanol–water partition coefficient (Wildman–Crippen LogP) is 3.35. The predicted molar refractivity (Wildman–Crippen MR) is 61.4 cm³/mol. The van der Waals surface area contributed by atoms with Gasteiger partial charge in [0, 0.05) is 0 Å². The summed E-state index contributed by atoms with van der Waals surface area (Å²) < 4.78 is 0. The van der Waals surface area contributed by atoms with E-state index in [4.69, 9.17) is 0 Å². The topological polar surface area (TPSA) is 12.0 Å². The second-order valence-corrected chi connectivity index (χ2v) is 5.27. The van der Waals surface area contributed by atoms with Gasteiger partial charge in [-0.15, -0.1) is 0 Å². The van der Waals surface area contributed by atoms with Gasteiger partial charge >= 0.3 is 0 Å². The first-order chi connectivity index (χ1) is 6.95. The zero-order valence-corrected chi connectivity index (χ0v) is 9.43. The first kappa shape index (κ1) is 10.5. The number of hydrogen-bond acceptors (Lipinski definition) is 1. The summed E-state index contributed by atoms with van der Waals surface area (Å²) in [7, 11) is 0. The third-order valence-corrected chi connectivity index (χ3v) is 4.15. The maximum atomic E-state index is 3.51. The minimum atomic E-state index is 1.05. The number of hydrogen-bond donors (Lipinski definition) is 1. The van der Waals surface area contributed by atoms with Crippen molar-refractivity contribution in [2.75, 3.05) is 13.1 Å². The molecule has 1 atom stereocenters. The number of nitrogens with one attached hydrogen (secondary N) is 1. The Labute approximate surface area is 88.7 Å². The van der Waals surface area contributed by atoms with Crippen LogP contribution in [-0.2, 0) is 0 Å². The average Bonchev–Trinajstić information content (AvgIpc) is 2.58. The molecule has 0 bridgehead atoms. The molecule has 1 unspecified atom stereocenters. The summed E-state index contributed by atoms with van der Waals surface area (Å²) in [6.45, 7) is 2.54. The van der Waals surface area contributed by atoms with Gasteiger partial charge in [0.05, 0.1) is 0 Å². The fourth-order valence-electron chi connectivity index (χ4n) is 3.15. The monoisotopic (exact) mass is 195 g/mol. The van der Waals surface area contributed by atoms with Gasteiger partial charge in [-0.25, -0.2) is 0 Å². The lowest BCUT2D eigenvalue weighted by Crippen LogP contribution is -2.14. The Morgan fingerprint density at radius 3 is 2.14 bits per heavy atom. The Kier molecular flexibility index (Phi) is 4.30. The molecule has 1 saturated heterocycles. The Morgan fingerprint density at radius 2 is 1.36 bits per heavy atom. The van der Waals surface area contributed by atoms with Gasteiger partial charge in [0.1, 0.15) is 0 Å². The molecule has 0 aromatic rings. The molecule has 1 aliphatic carbocycles. The van der Waals surface area contributed by atoms with Crippen LogP contribution in [-0.4, -0.2) is 13.1 Å². The molecule has 1 heteroatoms. The van der Waals surface area contributed by atoms with E-state index in [1.807, 2.05) is 0 Å². The summed E-state index contributed by atoms with van der Waals surface area (Å²) in [5.41, 5.74) is 0. The molecular formula is C13H25N. The van der Waals surface area contributed by atoms with Gasteiger partial charge in [-0.3, -0.25) is 0 Å². The van der Waals surface area contributed by atoms with E-state index in [0.29, 0.717) is 0 Å². The zero-order chi connectivity index (χ0) is 9.64. The van der Waals surface area contributed by atoms with Crippen molar-refractivity contribution in [3.8, 4) is 0 Å². The lowest BCUT2D eigenvalue weighted by molar-refractivity contribution is 0.372. The highest BCUT2D eigenvalue weighted by Gasteiger charge is 2.18. The molecule has 1 aliphatic heterocycles. The van der Waals surface area contributed by atoms with E-state index in [2.05, 4.69) is 5.32 Å². The minimum Gasteiger partial charge on any atom is -0.317 e. The first-order valence-electron chi connectivity index (χ1n) is 6.66. The van der Waals surface area contributed by atoms with Crippen LogP contribution in [0, 0.1) is 11.8 Å². The zero-order valence-electron chi connectivity index (χ0n) is 9.43. The molecule has 2 aliphatic rings. The molecule has 0 aromatic carbocycles. The van der Waals surface area contributed by atoms with Crippen molar-refractivity contribution in [3.05, 3.63) is 0 Å². The summed E-state index contributed by atoms with van der Waals surface area (Å²) in [6, 6.07) is 0. The smallest absolute Gasteiger partial charge is 0.00463 e. The van der Waals surface area contributed by atoms with Gasteiger partial charge in [-0.2, -0.15) is 0 Å². The van der Waals surface area contributed by atoms with Crippen LogP contribution in [0.2, 0.25) is 0 Å². The molecule has 2 rings (SSSR count). The fourth-order valence-corrected chi connectivity index (χ4v) is 3.15. The standard InChI is InChI=1S/C13H25N/c1-2-5-12(4-1)7-8-13-6-3-10-14-11-9-13/h12-14H,1-11H2. The van der Waals surface area contributed by atoms with E-state index in [1.54, 1.807) is 0 Å². The summed E-state index contributed by atoms with van der Waals surface area (Å²) >= 11 is 0. The third kappa shape index (κ3) is 3.27. The second kappa shape index (κ2) is 5.75. The minimum absolute atomic E-state index is 1.05. The van der Waals surface area contributed by atoms with Crippen molar-refractivity contribution in [1.82, 2.24) is 5.32 Å². The molecule has 1 heterocycles. The van der Waals surface area contributed by atoms with E-state index >= 15 is 0 Å². The van der Waals surface area contributed by atoms with Gasteiger partial charge in [-0.1, -0.05) is 38.5 Å². The molecule has 1 saturated carbocycles. The van der Waals surface area contributed by atoms with Crippen LogP contribution in [0.25, 0.3) is 0 Å². The summed E-state index contributed by atoms with van der Waals surface area (Å²) in [5, 5.41) is 3.51. The van der Waals surface area contributed by atoms with E-state index in [9.17, 15) is 0 Å². The normalized spacial score (nSPS) is 30.4. The van der Waals surface area contributed by atoms with Gasteiger partial charge in [0.2, 0.25) is 0 Å². The molecule has 0 radical (unpaired) electrons. The quantitative estimate of drug-likeness (QED) is 0.728. The average molecular weight is 195 g/mol. The van der Waals surface area contributed by atoms with Gasteiger partial charge in [0.15, 0.2) is 0 Å². The lowest BCUT2D eigenvalue weighted by atomic mass is 9.90. The van der Waals surface area contributed by atoms with Crippen LogP contribution in [0.5, 0.6) is 0 Å². The second-order valence-electron chi connectivity index (χ2n) is 5.27. The molecule has 1 N–H and O–H groups in total. The molecule has 2 fully saturated rings. The van der Waals surface area contributed by atoms with Crippen molar-refractivity contribution in [2.24, 2.45) is 11.8 Å². The summed E-state index contributed by atoms with van der Waals surface area (Å²) in [4.78, 5) is 0. The molecule has 82 valence electrons. The Balaban J connectivity index is 1.62. The fraction of sp³-hybridized carbons (Fsp3) is 1.00. The molecule has 1 nitrogen and oxygen atoms in total. The third-order valence-electron chi connectivity index (χ3n) is 4.15. The largest absolute Gasteiger partial charge is 0.317 e. The van der Waals surface area contributed by atoms with Crippen LogP contribution < -0.4 is 5.32 Å². The van der Waals surface area contributed by atoms with Gasteiger partial charge in [0.25, 0.3) is 0 Å². The van der Waals surface area contributed by atoms with E-state index in [1.165, 1.54) is 70.9 Å². The molecular weight excluding hydrogens is 170 g/mol. The van der Waals surface area contributed by atoms with Crippen LogP contribution in [0.4, 0.5) is 0 Å². The van der Waals surface area contributed by atoms with E-state index < -0.39 is 0 Å². The van der Waals surface area contributed by atoms with Gasteiger partial charge < -0.3 is 5.32 Å². The van der Waals surface area contributed by atoms with Crippen molar-refractivity contribution in [1.29, 1.82) is 0 Å². The molecule has 0 amide bonds. The first-order valence-corrected chi connectivity index (χ1v) is 6.66. The van der Waals surface area contributed by atoms with Crippen LogP contribution in [0.1, 0.15) is 57.8 Å². The van der Waals surface area contributed by atoms with Crippen molar-refractivity contribution < 1.29 is 0 Å². The summed E-state index contributed by atoms with van der Waals surface area (Å²) in [6.07, 6.45) is 13.5. The van der Waals surface area contributed by atoms with Crippen molar-refractivity contribution >= 4 is 0 Å². The van der Waals surface area contributed by atoms with E-state index in [0.717, 1.165) is 11.8 Å². The SMILES string of the molecule is C1CCC(CCC2CCCNCC2)C1. The summed E-state index contributed by atoms with van der Waals surface area (Å²) in [5.74, 6) is 2.15. The van der Waals surface area contributed by atoms with Crippen molar-refractivity contribution in [3.63, 3.8) is 0 Å². The lowest BCUT2D eigenvalue weighted by Gasteiger charge is -2.16.